The number of fused-ring (bicyclic) bond motifs is 4. The Morgan fingerprint density at radius 3 is 2.58 bits per heavy atom. The third kappa shape index (κ3) is 3.17. The first-order chi connectivity index (χ1) is 16.1. The molecule has 0 fully saturated rings. The minimum atomic E-state index is -0.424. The number of thiophene rings is 1. The third-order valence-electron chi connectivity index (χ3n) is 6.20. The molecule has 0 aliphatic heterocycles. The van der Waals surface area contributed by atoms with Crippen molar-refractivity contribution in [1.29, 1.82) is 0 Å². The number of nitrogens with zero attached hydrogens (tertiary/aromatic N) is 4. The second-order valence-corrected chi connectivity index (χ2v) is 9.33. The lowest BCUT2D eigenvalue weighted by atomic mass is 9.97. The Morgan fingerprint density at radius 1 is 0.939 bits per heavy atom. The predicted molar refractivity (Wildman–Crippen MR) is 129 cm³/mol. The van der Waals surface area contributed by atoms with Crippen LogP contribution in [0.25, 0.3) is 21.6 Å². The van der Waals surface area contributed by atoms with Crippen LogP contribution in [0.5, 0.6) is 0 Å². The first kappa shape index (κ1) is 19.9. The van der Waals surface area contributed by atoms with Gasteiger partial charge in [-0.15, -0.1) is 11.3 Å². The second kappa shape index (κ2) is 7.67. The standard InChI is InChI=1S/C25H20N4O3S/c30-21-14-16(26-20-12-6-7-13-27(20)21)15-28-24-22(18-10-4-5-11-19(18)33-24)23(31)29(25(28)32)17-8-2-1-3-9-17/h1-3,6-9,12-14H,4-5,10-11,15H2. The molecule has 1 aromatic carbocycles. The molecule has 33 heavy (non-hydrogen) atoms. The van der Waals surface area contributed by atoms with Crippen molar-refractivity contribution < 1.29 is 0 Å². The van der Waals surface area contributed by atoms with E-state index in [4.69, 9.17) is 0 Å². The van der Waals surface area contributed by atoms with Gasteiger partial charge in [0.2, 0.25) is 0 Å². The molecular formula is C25H20N4O3S. The molecule has 164 valence electrons. The Kier molecular flexibility index (Phi) is 4.62. The first-order valence-corrected chi connectivity index (χ1v) is 11.8. The maximum atomic E-state index is 13.7. The zero-order valence-corrected chi connectivity index (χ0v) is 18.5. The van der Waals surface area contributed by atoms with Crippen molar-refractivity contribution in [2.24, 2.45) is 0 Å². The summed E-state index contributed by atoms with van der Waals surface area (Å²) < 4.78 is 4.32. The van der Waals surface area contributed by atoms with Crippen LogP contribution in [0.15, 0.2) is 75.2 Å². The average Bonchev–Trinajstić information content (AvgIpc) is 3.22. The second-order valence-electron chi connectivity index (χ2n) is 8.25. The quantitative estimate of drug-likeness (QED) is 0.418. The summed E-state index contributed by atoms with van der Waals surface area (Å²) in [6, 6.07) is 15.8. The fourth-order valence-corrected chi connectivity index (χ4v) is 6.03. The van der Waals surface area contributed by atoms with Gasteiger partial charge < -0.3 is 0 Å². The lowest BCUT2D eigenvalue weighted by molar-refractivity contribution is 0.692. The molecule has 7 nitrogen and oxygen atoms in total. The van der Waals surface area contributed by atoms with Gasteiger partial charge in [-0.25, -0.2) is 14.3 Å². The fourth-order valence-electron chi connectivity index (χ4n) is 4.66. The predicted octanol–water partition coefficient (Wildman–Crippen LogP) is 3.15. The van der Waals surface area contributed by atoms with E-state index in [1.54, 1.807) is 35.0 Å². The highest BCUT2D eigenvalue weighted by molar-refractivity contribution is 7.18. The van der Waals surface area contributed by atoms with Gasteiger partial charge in [0.15, 0.2) is 0 Å². The summed E-state index contributed by atoms with van der Waals surface area (Å²) in [6.45, 7) is 0.114. The molecule has 0 saturated carbocycles. The van der Waals surface area contributed by atoms with Gasteiger partial charge in [-0.2, -0.15) is 0 Å². The van der Waals surface area contributed by atoms with Gasteiger partial charge in [0, 0.05) is 17.1 Å². The van der Waals surface area contributed by atoms with Crippen LogP contribution in [-0.4, -0.2) is 18.5 Å². The third-order valence-corrected chi connectivity index (χ3v) is 7.51. The van der Waals surface area contributed by atoms with Gasteiger partial charge in [-0.1, -0.05) is 24.3 Å². The molecule has 0 bridgehead atoms. The number of pyridine rings is 1. The molecule has 8 heteroatoms. The molecular weight excluding hydrogens is 436 g/mol. The average molecular weight is 457 g/mol. The SMILES string of the molecule is O=c1c2c3c(sc2n(Cc2cc(=O)n4ccccc4n2)c(=O)n1-c1ccccc1)CCCC3. The van der Waals surface area contributed by atoms with Crippen LogP contribution < -0.4 is 16.8 Å². The Bertz CT molecular complexity index is 1710. The summed E-state index contributed by atoms with van der Waals surface area (Å²) in [5.41, 5.74) is 1.70. The number of aryl methyl sites for hydroxylation is 2. The molecule has 1 aliphatic carbocycles. The molecule has 4 heterocycles. The molecule has 0 unspecified atom stereocenters. The Morgan fingerprint density at radius 2 is 1.73 bits per heavy atom. The monoisotopic (exact) mass is 456 g/mol. The highest BCUT2D eigenvalue weighted by atomic mass is 32.1. The van der Waals surface area contributed by atoms with Gasteiger partial charge in [-0.05, 0) is 55.5 Å². The number of para-hydroxylation sites is 1. The van der Waals surface area contributed by atoms with Gasteiger partial charge in [0.25, 0.3) is 11.1 Å². The number of hydrogen-bond donors (Lipinski definition) is 0. The maximum absolute atomic E-state index is 13.7. The van der Waals surface area contributed by atoms with Crippen LogP contribution in [0.1, 0.15) is 29.0 Å². The van der Waals surface area contributed by atoms with E-state index >= 15 is 0 Å². The van der Waals surface area contributed by atoms with E-state index in [2.05, 4.69) is 4.98 Å². The van der Waals surface area contributed by atoms with Crippen molar-refractivity contribution in [3.8, 4) is 5.69 Å². The van der Waals surface area contributed by atoms with Crippen molar-refractivity contribution in [3.05, 3.63) is 108 Å². The molecule has 4 aromatic heterocycles. The van der Waals surface area contributed by atoms with E-state index in [-0.39, 0.29) is 17.7 Å². The summed E-state index contributed by atoms with van der Waals surface area (Å²) in [6.07, 6.45) is 5.55. The van der Waals surface area contributed by atoms with E-state index in [1.807, 2.05) is 24.3 Å². The van der Waals surface area contributed by atoms with Gasteiger partial charge in [0.05, 0.1) is 23.3 Å². The molecule has 0 spiro atoms. The van der Waals surface area contributed by atoms with Gasteiger partial charge in [-0.3, -0.25) is 18.6 Å². The molecule has 0 radical (unpaired) electrons. The van der Waals surface area contributed by atoms with Crippen LogP contribution in [0, 0.1) is 0 Å². The van der Waals surface area contributed by atoms with Gasteiger partial charge in [0.1, 0.15) is 10.5 Å². The lowest BCUT2D eigenvalue weighted by Crippen LogP contribution is -2.39. The lowest BCUT2D eigenvalue weighted by Gasteiger charge is -2.13. The number of aromatic nitrogens is 4. The van der Waals surface area contributed by atoms with Crippen molar-refractivity contribution in [2.75, 3.05) is 0 Å². The molecule has 0 saturated heterocycles. The van der Waals surface area contributed by atoms with E-state index in [0.717, 1.165) is 31.2 Å². The first-order valence-electron chi connectivity index (χ1n) is 10.9. The van der Waals surface area contributed by atoms with E-state index < -0.39 is 5.69 Å². The van der Waals surface area contributed by atoms with Crippen LogP contribution in [-0.2, 0) is 19.4 Å². The largest absolute Gasteiger partial charge is 0.337 e. The Hall–Kier alpha value is -3.78. The summed E-state index contributed by atoms with van der Waals surface area (Å²) >= 11 is 1.52. The molecule has 0 atom stereocenters. The van der Waals surface area contributed by atoms with Crippen molar-refractivity contribution >= 4 is 27.2 Å². The topological polar surface area (TPSA) is 78.4 Å². The molecule has 5 aromatic rings. The Balaban J connectivity index is 1.65. The normalized spacial score (nSPS) is 13.5. The van der Waals surface area contributed by atoms with Crippen LogP contribution >= 0.6 is 11.3 Å². The molecule has 0 N–H and O–H groups in total. The summed E-state index contributed by atoms with van der Waals surface area (Å²) in [7, 11) is 0. The number of rotatable bonds is 3. The van der Waals surface area contributed by atoms with Crippen molar-refractivity contribution in [1.82, 2.24) is 18.5 Å². The van der Waals surface area contributed by atoms with Crippen molar-refractivity contribution in [3.63, 3.8) is 0 Å². The summed E-state index contributed by atoms with van der Waals surface area (Å²) in [4.78, 5) is 46.4. The molecule has 6 rings (SSSR count). The molecule has 1 aliphatic rings. The molecule has 0 amide bonds. The van der Waals surface area contributed by atoms with Crippen LogP contribution in [0.4, 0.5) is 0 Å². The number of hydrogen-bond acceptors (Lipinski definition) is 5. The van der Waals surface area contributed by atoms with Crippen LogP contribution in [0.3, 0.4) is 0 Å². The van der Waals surface area contributed by atoms with E-state index in [9.17, 15) is 14.4 Å². The zero-order valence-electron chi connectivity index (χ0n) is 17.7. The van der Waals surface area contributed by atoms with E-state index in [0.29, 0.717) is 27.2 Å². The van der Waals surface area contributed by atoms with Crippen molar-refractivity contribution in [2.45, 2.75) is 32.2 Å². The minimum absolute atomic E-state index is 0.114. The highest BCUT2D eigenvalue weighted by Gasteiger charge is 2.24. The number of benzene rings is 1. The summed E-state index contributed by atoms with van der Waals surface area (Å²) in [5.74, 6) is 0. The smallest absolute Gasteiger partial charge is 0.278 e. The fraction of sp³-hybridized carbons (Fsp3) is 0.200. The van der Waals surface area contributed by atoms with Crippen LogP contribution in [0.2, 0.25) is 0 Å². The highest BCUT2D eigenvalue weighted by Crippen LogP contribution is 2.34. The van der Waals surface area contributed by atoms with Gasteiger partial charge >= 0.3 is 5.69 Å². The minimum Gasteiger partial charge on any atom is -0.278 e. The maximum Gasteiger partial charge on any atom is 0.337 e. The zero-order chi connectivity index (χ0) is 22.5. The Labute approximate surface area is 191 Å². The summed E-state index contributed by atoms with van der Waals surface area (Å²) in [5, 5.41) is 0.621. The van der Waals surface area contributed by atoms with E-state index in [1.165, 1.54) is 31.2 Å².